The van der Waals surface area contributed by atoms with E-state index in [-0.39, 0.29) is 5.78 Å². The van der Waals surface area contributed by atoms with Gasteiger partial charge in [-0.15, -0.1) is 11.3 Å². The Morgan fingerprint density at radius 1 is 1.28 bits per heavy atom. The summed E-state index contributed by atoms with van der Waals surface area (Å²) in [6.07, 6.45) is 5.76. The zero-order chi connectivity index (χ0) is 20.9. The van der Waals surface area contributed by atoms with Crippen LogP contribution in [0.4, 0.5) is 0 Å². The van der Waals surface area contributed by atoms with Crippen molar-refractivity contribution in [2.45, 2.75) is 72.0 Å². The van der Waals surface area contributed by atoms with Gasteiger partial charge in [0.2, 0.25) is 0 Å². The molecule has 0 fully saturated rings. The van der Waals surface area contributed by atoms with Crippen LogP contribution in [0, 0.1) is 6.92 Å². The first-order chi connectivity index (χ1) is 13.7. The third-order valence-corrected chi connectivity index (χ3v) is 6.70. The number of hydrogen-bond donors (Lipinski definition) is 0. The minimum absolute atomic E-state index is 0.00306. The van der Waals surface area contributed by atoms with Gasteiger partial charge in [-0.1, -0.05) is 0 Å². The van der Waals surface area contributed by atoms with Gasteiger partial charge in [0.15, 0.2) is 5.78 Å². The molecule has 154 valence electrons. The molecule has 0 radical (unpaired) electrons. The molecule has 0 amide bonds. The predicted molar refractivity (Wildman–Crippen MR) is 117 cm³/mol. The molecule has 1 atom stereocenters. The number of fused-ring (bicyclic) bond motifs is 3. The maximum Gasteiger partial charge on any atom is 0.163 e. The normalized spacial score (nSPS) is 15.5. The lowest BCUT2D eigenvalue weighted by atomic mass is 9.89. The largest absolute Gasteiger partial charge is 0.360 e. The van der Waals surface area contributed by atoms with Gasteiger partial charge in [-0.25, -0.2) is 4.98 Å². The van der Waals surface area contributed by atoms with Crippen molar-refractivity contribution in [3.8, 4) is 11.3 Å². The molecule has 0 aromatic carbocycles. The molecule has 0 bridgehead atoms. The van der Waals surface area contributed by atoms with E-state index in [0.29, 0.717) is 0 Å². The van der Waals surface area contributed by atoms with Crippen LogP contribution in [0.1, 0.15) is 68.3 Å². The monoisotopic (exact) mass is 411 g/mol. The summed E-state index contributed by atoms with van der Waals surface area (Å²) in [5.41, 5.74) is 4.77. The summed E-state index contributed by atoms with van der Waals surface area (Å²) < 4.78 is 8.19. The topological polar surface area (TPSA) is 57.0 Å². The summed E-state index contributed by atoms with van der Waals surface area (Å²) in [5.74, 6) is -0.00306. The second-order valence-corrected chi connectivity index (χ2v) is 10.0. The maximum atomic E-state index is 12.8. The quantitative estimate of drug-likeness (QED) is 0.582. The lowest BCUT2D eigenvalue weighted by molar-refractivity contribution is -0.138. The standard InChI is InChI=1S/C23H29N3O2S/c1-13-18(21(14(2)27)28-23(3,4)5)20(16-11-12-24-26(16)6)19-15-9-7-8-10-17(15)29-22(19)25-13/h11-12,21H,7-10H2,1-6H3/t21-/m1/s1. The first-order valence-corrected chi connectivity index (χ1v) is 11.1. The summed E-state index contributed by atoms with van der Waals surface area (Å²) in [5, 5.41) is 5.61. The summed E-state index contributed by atoms with van der Waals surface area (Å²) in [7, 11) is 1.95. The molecule has 3 heterocycles. The van der Waals surface area contributed by atoms with Crippen molar-refractivity contribution < 1.29 is 9.53 Å². The fraction of sp³-hybridized carbons (Fsp3) is 0.522. The molecular formula is C23H29N3O2S. The molecule has 4 rings (SSSR count). The summed E-state index contributed by atoms with van der Waals surface area (Å²) in [6.45, 7) is 9.56. The molecule has 29 heavy (non-hydrogen) atoms. The third-order valence-electron chi connectivity index (χ3n) is 5.51. The first kappa shape index (κ1) is 20.2. The van der Waals surface area contributed by atoms with Gasteiger partial charge in [0.1, 0.15) is 10.9 Å². The Kier molecular flexibility index (Phi) is 5.11. The number of aromatic nitrogens is 3. The molecule has 0 aliphatic heterocycles. The smallest absolute Gasteiger partial charge is 0.163 e. The zero-order valence-electron chi connectivity index (χ0n) is 18.1. The van der Waals surface area contributed by atoms with Crippen molar-refractivity contribution in [3.63, 3.8) is 0 Å². The van der Waals surface area contributed by atoms with Crippen LogP contribution in [0.25, 0.3) is 21.5 Å². The Hall–Kier alpha value is -2.05. The van der Waals surface area contributed by atoms with Gasteiger partial charge in [-0.3, -0.25) is 9.48 Å². The number of thiophene rings is 1. The van der Waals surface area contributed by atoms with E-state index in [9.17, 15) is 4.79 Å². The Bertz CT molecular complexity index is 1090. The van der Waals surface area contributed by atoms with E-state index in [4.69, 9.17) is 9.72 Å². The number of pyridine rings is 1. The summed E-state index contributed by atoms with van der Waals surface area (Å²) >= 11 is 1.81. The molecule has 0 saturated carbocycles. The highest BCUT2D eigenvalue weighted by atomic mass is 32.1. The molecule has 0 N–H and O–H groups in total. The fourth-order valence-electron chi connectivity index (χ4n) is 4.32. The number of hydrogen-bond acceptors (Lipinski definition) is 5. The van der Waals surface area contributed by atoms with Gasteiger partial charge in [-0.05, 0) is 71.9 Å². The van der Waals surface area contributed by atoms with Gasteiger partial charge < -0.3 is 4.74 Å². The Labute approximate surface area is 176 Å². The number of nitrogens with zero attached hydrogens (tertiary/aromatic N) is 3. The van der Waals surface area contributed by atoms with E-state index in [1.807, 2.05) is 51.7 Å². The van der Waals surface area contributed by atoms with Crippen molar-refractivity contribution >= 4 is 27.3 Å². The molecule has 0 unspecified atom stereocenters. The van der Waals surface area contributed by atoms with E-state index in [1.54, 1.807) is 18.3 Å². The van der Waals surface area contributed by atoms with E-state index in [1.165, 1.54) is 28.7 Å². The number of ketones is 1. The van der Waals surface area contributed by atoms with Crippen LogP contribution in [0.15, 0.2) is 12.3 Å². The maximum absolute atomic E-state index is 12.8. The third kappa shape index (κ3) is 3.64. The molecule has 3 aromatic heterocycles. The van der Waals surface area contributed by atoms with Gasteiger partial charge in [0.05, 0.1) is 11.3 Å². The first-order valence-electron chi connectivity index (χ1n) is 10.3. The minimum Gasteiger partial charge on any atom is -0.360 e. The molecule has 5 nitrogen and oxygen atoms in total. The van der Waals surface area contributed by atoms with E-state index in [2.05, 4.69) is 5.10 Å². The molecule has 3 aromatic rings. The molecule has 6 heteroatoms. The number of ether oxygens (including phenoxy) is 1. The highest BCUT2D eigenvalue weighted by Crippen LogP contribution is 2.45. The number of carbonyl (C=O) groups excluding carboxylic acids is 1. The lowest BCUT2D eigenvalue weighted by Crippen LogP contribution is -2.27. The summed E-state index contributed by atoms with van der Waals surface area (Å²) in [6, 6.07) is 2.03. The highest BCUT2D eigenvalue weighted by molar-refractivity contribution is 7.19. The Morgan fingerprint density at radius 3 is 2.62 bits per heavy atom. The average molecular weight is 412 g/mol. The number of carbonyl (C=O) groups is 1. The van der Waals surface area contributed by atoms with E-state index in [0.717, 1.165) is 40.2 Å². The molecular weight excluding hydrogens is 382 g/mol. The van der Waals surface area contributed by atoms with Gasteiger partial charge in [-0.2, -0.15) is 5.10 Å². The van der Waals surface area contributed by atoms with Gasteiger partial charge in [0.25, 0.3) is 0 Å². The fourth-order valence-corrected chi connectivity index (χ4v) is 5.64. The predicted octanol–water partition coefficient (Wildman–Crippen LogP) is 5.33. The number of rotatable bonds is 4. The Morgan fingerprint density at radius 2 is 2.00 bits per heavy atom. The number of Topliss-reactive ketones (excluding diaryl/α,β-unsaturated/α-hetero) is 1. The summed E-state index contributed by atoms with van der Waals surface area (Å²) in [4.78, 5) is 20.2. The van der Waals surface area contributed by atoms with Crippen molar-refractivity contribution in [3.05, 3.63) is 34.0 Å². The van der Waals surface area contributed by atoms with Crippen molar-refractivity contribution in [1.82, 2.24) is 14.8 Å². The lowest BCUT2D eigenvalue weighted by Gasteiger charge is -2.29. The van der Waals surface area contributed by atoms with Crippen molar-refractivity contribution in [1.29, 1.82) is 0 Å². The van der Waals surface area contributed by atoms with Gasteiger partial charge in [0, 0.05) is 40.3 Å². The van der Waals surface area contributed by atoms with Crippen LogP contribution in [0.5, 0.6) is 0 Å². The SMILES string of the molecule is CC(=O)[C@@H](OC(C)(C)C)c1c(C)nc2sc3c(c2c1-c1ccnn1C)CCCC3. The van der Waals surface area contributed by atoms with Crippen LogP contribution in [0.3, 0.4) is 0 Å². The molecule has 0 spiro atoms. The van der Waals surface area contributed by atoms with Gasteiger partial charge >= 0.3 is 0 Å². The molecule has 1 aliphatic carbocycles. The van der Waals surface area contributed by atoms with Crippen molar-refractivity contribution in [2.24, 2.45) is 7.05 Å². The zero-order valence-corrected chi connectivity index (χ0v) is 18.9. The highest BCUT2D eigenvalue weighted by Gasteiger charge is 2.32. The minimum atomic E-state index is -0.657. The van der Waals surface area contributed by atoms with E-state index < -0.39 is 11.7 Å². The van der Waals surface area contributed by atoms with Crippen molar-refractivity contribution in [2.75, 3.05) is 0 Å². The molecule has 0 saturated heterocycles. The van der Waals surface area contributed by atoms with Crippen LogP contribution in [0.2, 0.25) is 0 Å². The van der Waals surface area contributed by atoms with Crippen LogP contribution >= 0.6 is 11.3 Å². The number of aryl methyl sites for hydroxylation is 4. The molecule has 1 aliphatic rings. The Balaban J connectivity index is 2.09. The van der Waals surface area contributed by atoms with E-state index >= 15 is 0 Å². The second-order valence-electron chi connectivity index (χ2n) is 8.94. The average Bonchev–Trinajstić information content (AvgIpc) is 3.21. The second kappa shape index (κ2) is 7.33. The van der Waals surface area contributed by atoms with Crippen LogP contribution in [-0.4, -0.2) is 26.1 Å². The van der Waals surface area contributed by atoms with Crippen LogP contribution < -0.4 is 0 Å². The van der Waals surface area contributed by atoms with Crippen LogP contribution in [-0.2, 0) is 29.4 Å².